The predicted octanol–water partition coefficient (Wildman–Crippen LogP) is 3.60. The van der Waals surface area contributed by atoms with E-state index < -0.39 is 35.1 Å². The van der Waals surface area contributed by atoms with Gasteiger partial charge in [-0.3, -0.25) is 4.79 Å². The summed E-state index contributed by atoms with van der Waals surface area (Å²) in [6.45, 7) is 0. The van der Waals surface area contributed by atoms with Crippen molar-refractivity contribution in [3.05, 3.63) is 46.7 Å². The first-order valence-electron chi connectivity index (χ1n) is 6.37. The van der Waals surface area contributed by atoms with Gasteiger partial charge in [0.25, 0.3) is 5.91 Å². The van der Waals surface area contributed by atoms with E-state index in [2.05, 4.69) is 0 Å². The Morgan fingerprint density at radius 2 is 1.67 bits per heavy atom. The summed E-state index contributed by atoms with van der Waals surface area (Å²) in [6.07, 6.45) is -10.0. The van der Waals surface area contributed by atoms with Crippen molar-refractivity contribution in [1.82, 2.24) is 0 Å². The predicted molar refractivity (Wildman–Crippen MR) is 72.4 cm³/mol. The summed E-state index contributed by atoms with van der Waals surface area (Å²) < 4.78 is 76.2. The van der Waals surface area contributed by atoms with Gasteiger partial charge in [-0.15, -0.1) is 0 Å². The molecule has 0 spiro atoms. The van der Waals surface area contributed by atoms with Gasteiger partial charge in [-0.25, -0.2) is 0 Å². The van der Waals surface area contributed by atoms with Crippen LogP contribution in [0, 0.1) is 5.41 Å². The molecule has 24 heavy (non-hydrogen) atoms. The highest BCUT2D eigenvalue weighted by Crippen LogP contribution is 2.40. The van der Waals surface area contributed by atoms with Gasteiger partial charge in [-0.05, 0) is 30.5 Å². The van der Waals surface area contributed by atoms with Crippen molar-refractivity contribution in [1.29, 1.82) is 5.41 Å². The van der Waals surface area contributed by atoms with E-state index in [-0.39, 0.29) is 24.1 Å². The van der Waals surface area contributed by atoms with E-state index in [4.69, 9.17) is 16.2 Å². The normalized spacial score (nSPS) is 13.0. The lowest BCUT2D eigenvalue weighted by Gasteiger charge is -2.16. The lowest BCUT2D eigenvalue weighted by Crippen LogP contribution is -2.17. The standard InChI is InChI=1S/C14H12F6N2O2/c15-13(16,17)9-4-2-7(5-10(9)14(18,19)20)1-3-8(21)6-11(23)12(22)24/h2,4-6,21,23H,1,3H2,(H2,22,24)/b11-6+,21-8?. The number of nitrogens with one attached hydrogen (secondary N) is 1. The molecule has 0 fully saturated rings. The second-order valence-electron chi connectivity index (χ2n) is 4.79. The Hall–Kier alpha value is -2.52. The van der Waals surface area contributed by atoms with Crippen LogP contribution in [0.4, 0.5) is 26.3 Å². The number of benzene rings is 1. The Morgan fingerprint density at radius 1 is 1.12 bits per heavy atom. The second-order valence-corrected chi connectivity index (χ2v) is 4.79. The molecule has 0 saturated carbocycles. The van der Waals surface area contributed by atoms with Gasteiger partial charge in [-0.2, -0.15) is 26.3 Å². The van der Waals surface area contributed by atoms with Crippen LogP contribution in [0.1, 0.15) is 23.1 Å². The lowest BCUT2D eigenvalue weighted by atomic mass is 9.99. The van der Waals surface area contributed by atoms with Crippen molar-refractivity contribution in [2.75, 3.05) is 0 Å². The van der Waals surface area contributed by atoms with Crippen molar-refractivity contribution in [2.45, 2.75) is 25.2 Å². The van der Waals surface area contributed by atoms with Crippen LogP contribution in [0.5, 0.6) is 0 Å². The first-order valence-corrected chi connectivity index (χ1v) is 6.37. The summed E-state index contributed by atoms with van der Waals surface area (Å²) in [7, 11) is 0. The van der Waals surface area contributed by atoms with Crippen LogP contribution in [0.15, 0.2) is 30.0 Å². The number of hydrogen-bond donors (Lipinski definition) is 3. The third-order valence-electron chi connectivity index (χ3n) is 2.94. The number of halogens is 6. The number of amides is 1. The van der Waals surface area contributed by atoms with Gasteiger partial charge in [0, 0.05) is 11.8 Å². The molecule has 0 unspecified atom stereocenters. The smallest absolute Gasteiger partial charge is 0.417 e. The number of carbonyl (C=O) groups excluding carboxylic acids is 1. The van der Waals surface area contributed by atoms with Crippen molar-refractivity contribution in [3.8, 4) is 0 Å². The van der Waals surface area contributed by atoms with E-state index in [1.54, 1.807) is 0 Å². The molecule has 0 aromatic heterocycles. The van der Waals surface area contributed by atoms with Crippen molar-refractivity contribution in [2.24, 2.45) is 5.73 Å². The largest absolute Gasteiger partial charge is 0.503 e. The van der Waals surface area contributed by atoms with Crippen LogP contribution >= 0.6 is 0 Å². The molecule has 132 valence electrons. The van der Waals surface area contributed by atoms with E-state index in [1.807, 2.05) is 0 Å². The Kier molecular flexibility index (Phi) is 5.64. The molecule has 1 aromatic carbocycles. The number of rotatable bonds is 5. The Balaban J connectivity index is 3.02. The molecular weight excluding hydrogens is 342 g/mol. The van der Waals surface area contributed by atoms with Crippen LogP contribution < -0.4 is 5.73 Å². The van der Waals surface area contributed by atoms with Gasteiger partial charge in [0.1, 0.15) is 0 Å². The van der Waals surface area contributed by atoms with Gasteiger partial charge in [0.15, 0.2) is 5.76 Å². The Labute approximate surface area is 132 Å². The summed E-state index contributed by atoms with van der Waals surface area (Å²) in [5, 5.41) is 16.5. The maximum absolute atomic E-state index is 12.8. The number of nitrogens with two attached hydrogens (primary N) is 1. The number of hydrogen-bond acceptors (Lipinski definition) is 3. The quantitative estimate of drug-likeness (QED) is 0.327. The number of allylic oxidation sites excluding steroid dienone is 1. The highest BCUT2D eigenvalue weighted by Gasteiger charge is 2.42. The molecule has 1 rings (SSSR count). The molecule has 0 aliphatic rings. The summed E-state index contributed by atoms with van der Waals surface area (Å²) in [5.41, 5.74) is 0.733. The zero-order valence-electron chi connectivity index (χ0n) is 11.9. The van der Waals surface area contributed by atoms with Crippen molar-refractivity contribution in [3.63, 3.8) is 0 Å². The molecule has 10 heteroatoms. The topological polar surface area (TPSA) is 87.2 Å². The fourth-order valence-corrected chi connectivity index (χ4v) is 1.82. The van der Waals surface area contributed by atoms with E-state index >= 15 is 0 Å². The molecule has 4 N–H and O–H groups in total. The Morgan fingerprint density at radius 3 is 2.12 bits per heavy atom. The Bertz CT molecular complexity index is 677. The highest BCUT2D eigenvalue weighted by atomic mass is 19.4. The minimum atomic E-state index is -5.18. The minimum Gasteiger partial charge on any atom is -0.503 e. The van der Waals surface area contributed by atoms with Gasteiger partial charge < -0.3 is 16.2 Å². The molecule has 0 radical (unpaired) electrons. The average molecular weight is 354 g/mol. The van der Waals surface area contributed by atoms with Crippen LogP contribution in [0.25, 0.3) is 0 Å². The number of aliphatic hydroxyl groups is 1. The van der Waals surface area contributed by atoms with Crippen LogP contribution in [0.2, 0.25) is 0 Å². The molecule has 0 heterocycles. The number of aryl methyl sites for hydroxylation is 1. The maximum atomic E-state index is 12.8. The fourth-order valence-electron chi connectivity index (χ4n) is 1.82. The van der Waals surface area contributed by atoms with Gasteiger partial charge >= 0.3 is 12.4 Å². The summed E-state index contributed by atoms with van der Waals surface area (Å²) in [6, 6.07) is 1.58. The fraction of sp³-hybridized carbons (Fsp3) is 0.286. The molecule has 4 nitrogen and oxygen atoms in total. The number of carbonyl (C=O) groups is 1. The third kappa shape index (κ3) is 5.28. The van der Waals surface area contributed by atoms with E-state index in [0.717, 1.165) is 12.1 Å². The van der Waals surface area contributed by atoms with Crippen molar-refractivity contribution >= 4 is 11.6 Å². The van der Waals surface area contributed by atoms with Crippen LogP contribution in [-0.2, 0) is 23.6 Å². The zero-order chi connectivity index (χ0) is 18.7. The first kappa shape index (κ1) is 19.5. The molecule has 0 bridgehead atoms. The molecule has 1 amide bonds. The monoisotopic (exact) mass is 354 g/mol. The van der Waals surface area contributed by atoms with E-state index in [0.29, 0.717) is 12.1 Å². The van der Waals surface area contributed by atoms with Crippen LogP contribution in [0.3, 0.4) is 0 Å². The third-order valence-corrected chi connectivity index (χ3v) is 2.94. The van der Waals surface area contributed by atoms with Gasteiger partial charge in [0.2, 0.25) is 0 Å². The summed E-state index contributed by atoms with van der Waals surface area (Å²) >= 11 is 0. The molecular formula is C14H12F6N2O2. The van der Waals surface area contributed by atoms with E-state index in [1.165, 1.54) is 0 Å². The minimum absolute atomic E-state index is 0.0768. The number of alkyl halides is 6. The molecule has 0 saturated heterocycles. The maximum Gasteiger partial charge on any atom is 0.417 e. The zero-order valence-corrected chi connectivity index (χ0v) is 11.9. The molecule has 0 aliphatic heterocycles. The molecule has 0 atom stereocenters. The van der Waals surface area contributed by atoms with E-state index in [9.17, 15) is 31.1 Å². The number of primary amides is 1. The van der Waals surface area contributed by atoms with Crippen molar-refractivity contribution < 1.29 is 36.2 Å². The summed E-state index contributed by atoms with van der Waals surface area (Å²) in [5.74, 6) is -2.09. The SMILES string of the molecule is N=C(/C=C(/O)C(N)=O)CCc1ccc(C(F)(F)F)c(C(F)(F)F)c1. The average Bonchev–Trinajstić information content (AvgIpc) is 2.42. The van der Waals surface area contributed by atoms with Gasteiger partial charge in [-0.1, -0.05) is 6.07 Å². The highest BCUT2D eigenvalue weighted by molar-refractivity contribution is 6.00. The lowest BCUT2D eigenvalue weighted by molar-refractivity contribution is -0.162. The summed E-state index contributed by atoms with van der Waals surface area (Å²) in [4.78, 5) is 10.6. The van der Waals surface area contributed by atoms with Gasteiger partial charge in [0.05, 0.1) is 11.1 Å². The first-order chi connectivity index (χ1) is 10.8. The molecule has 0 aliphatic carbocycles. The number of aliphatic hydroxyl groups excluding tert-OH is 1. The van der Waals surface area contributed by atoms with Crippen LogP contribution in [-0.4, -0.2) is 16.7 Å². The second kappa shape index (κ2) is 6.93. The molecule has 1 aromatic rings.